The van der Waals surface area contributed by atoms with Crippen molar-refractivity contribution in [3.8, 4) is 12.8 Å². The van der Waals surface area contributed by atoms with E-state index in [-0.39, 0.29) is 41.8 Å². The number of amides is 2. The fourth-order valence-electron chi connectivity index (χ4n) is 4.53. The fraction of sp³-hybridized carbons (Fsp3) is 0.370. The van der Waals surface area contributed by atoms with Gasteiger partial charge in [-0.15, -0.1) is 24.2 Å². The Morgan fingerprint density at radius 3 is 2.47 bits per heavy atom. The van der Waals surface area contributed by atoms with Crippen molar-refractivity contribution in [1.29, 1.82) is 0 Å². The van der Waals surface area contributed by atoms with Crippen LogP contribution < -0.4 is 11.1 Å². The highest BCUT2D eigenvalue weighted by molar-refractivity contribution is 7.13. The molecule has 0 unspecified atom stereocenters. The van der Waals surface area contributed by atoms with Crippen LogP contribution in [0.1, 0.15) is 53.5 Å². The molecule has 0 atom stereocenters. The van der Waals surface area contributed by atoms with E-state index in [9.17, 15) is 9.59 Å². The van der Waals surface area contributed by atoms with Crippen LogP contribution in [-0.2, 0) is 22.6 Å². The van der Waals surface area contributed by atoms with Gasteiger partial charge in [-0.3, -0.25) is 14.5 Å². The number of imide groups is 1. The van der Waals surface area contributed by atoms with Crippen molar-refractivity contribution >= 4 is 57.9 Å². The third-order valence-electron chi connectivity index (χ3n) is 6.35. The zero-order valence-electron chi connectivity index (χ0n) is 20.6. The number of terminal acetylenes is 1. The number of hydrogen-bond donors (Lipinski definition) is 2. The number of carbonyl (C=O) groups is 2. The Hall–Kier alpha value is -3.15. The number of nitrogens with two attached hydrogens (primary N) is 1. The molecule has 3 N–H and O–H groups in total. The summed E-state index contributed by atoms with van der Waals surface area (Å²) in [6.07, 6.45) is 15.4. The number of thiophene rings is 1. The first kappa shape index (κ1) is 27.4. The fourth-order valence-corrected chi connectivity index (χ4v) is 5.89. The summed E-state index contributed by atoms with van der Waals surface area (Å²) < 4.78 is 17.5. The summed E-state index contributed by atoms with van der Waals surface area (Å²) >= 11 is 7.66. The van der Waals surface area contributed by atoms with E-state index in [1.165, 1.54) is 11.3 Å². The minimum absolute atomic E-state index is 0.0141. The van der Waals surface area contributed by atoms with E-state index in [0.29, 0.717) is 9.90 Å². The molecule has 1 aromatic heterocycles. The first-order valence-corrected chi connectivity index (χ1v) is 13.1. The second-order valence-corrected chi connectivity index (χ2v) is 10.1. The lowest BCUT2D eigenvalue weighted by Crippen LogP contribution is -2.28. The van der Waals surface area contributed by atoms with Gasteiger partial charge in [-0.05, 0) is 24.1 Å². The van der Waals surface area contributed by atoms with Crippen molar-refractivity contribution in [2.45, 2.75) is 45.6 Å². The van der Waals surface area contributed by atoms with Crippen molar-refractivity contribution in [1.82, 2.24) is 4.90 Å². The maximum atomic E-state index is 15.3. The normalized spacial score (nSPS) is 15.8. The van der Waals surface area contributed by atoms with Crippen molar-refractivity contribution < 1.29 is 18.6 Å². The summed E-state index contributed by atoms with van der Waals surface area (Å²) in [5.74, 6) is -1.14. The number of hydrogen-bond acceptors (Lipinski definition) is 5. The van der Waals surface area contributed by atoms with Gasteiger partial charge >= 0.3 is 0 Å². The number of aryl methyl sites for hydroxylation is 1. The molecular formula is C27H31ClFN4O2S+. The van der Waals surface area contributed by atoms with Gasteiger partial charge in [-0.2, -0.15) is 0 Å². The number of nitrogens with one attached hydrogen (secondary N) is 1. The van der Waals surface area contributed by atoms with E-state index in [0.717, 1.165) is 59.6 Å². The molecule has 36 heavy (non-hydrogen) atoms. The van der Waals surface area contributed by atoms with Gasteiger partial charge in [0.05, 0.1) is 22.0 Å². The highest BCUT2D eigenvalue weighted by Crippen LogP contribution is 2.42. The molecule has 2 fully saturated rings. The SMILES string of the molecule is C#C.CCc1cc(Cl)cc(/C(=C/C=[N+]2CCCC2)c2sc(CN3C(=O)CCC3=O)c(F)c2N)c1NC. The molecule has 0 radical (unpaired) electrons. The van der Waals surface area contributed by atoms with Gasteiger partial charge in [0.25, 0.3) is 0 Å². The largest absolute Gasteiger partial charge is 0.395 e. The van der Waals surface area contributed by atoms with E-state index in [1.54, 1.807) is 0 Å². The van der Waals surface area contributed by atoms with Crippen LogP contribution >= 0.6 is 22.9 Å². The Balaban J connectivity index is 0.00000176. The molecular weight excluding hydrogens is 499 g/mol. The van der Waals surface area contributed by atoms with Gasteiger partial charge in [0.2, 0.25) is 11.8 Å². The van der Waals surface area contributed by atoms with Crippen LogP contribution in [0.3, 0.4) is 0 Å². The third kappa shape index (κ3) is 5.63. The molecule has 1 aromatic carbocycles. The first-order chi connectivity index (χ1) is 17.3. The average molecular weight is 530 g/mol. The molecule has 0 aliphatic carbocycles. The van der Waals surface area contributed by atoms with Crippen LogP contribution in [0.2, 0.25) is 5.02 Å². The summed E-state index contributed by atoms with van der Waals surface area (Å²) in [5.41, 5.74) is 9.84. The van der Waals surface area contributed by atoms with Crippen LogP contribution in [0.15, 0.2) is 18.2 Å². The number of nitrogens with zero attached hydrogens (tertiary/aromatic N) is 2. The van der Waals surface area contributed by atoms with Crippen molar-refractivity contribution in [2.75, 3.05) is 31.2 Å². The topological polar surface area (TPSA) is 78.4 Å². The molecule has 6 nitrogen and oxygen atoms in total. The smallest absolute Gasteiger partial charge is 0.230 e. The van der Waals surface area contributed by atoms with E-state index >= 15 is 4.39 Å². The molecule has 190 valence electrons. The Labute approximate surface area is 220 Å². The number of anilines is 2. The maximum Gasteiger partial charge on any atom is 0.230 e. The predicted molar refractivity (Wildman–Crippen MR) is 146 cm³/mol. The summed E-state index contributed by atoms with van der Waals surface area (Å²) in [6.45, 7) is 3.89. The van der Waals surface area contributed by atoms with E-state index < -0.39 is 5.82 Å². The van der Waals surface area contributed by atoms with Gasteiger partial charge in [-0.1, -0.05) is 18.5 Å². The zero-order valence-corrected chi connectivity index (χ0v) is 22.1. The molecule has 2 aliphatic heterocycles. The Kier molecular flexibility index (Phi) is 9.30. The van der Waals surface area contributed by atoms with E-state index in [1.807, 2.05) is 31.5 Å². The van der Waals surface area contributed by atoms with Gasteiger partial charge in [-0.25, -0.2) is 8.97 Å². The third-order valence-corrected chi connectivity index (χ3v) is 7.77. The molecule has 0 saturated carbocycles. The highest BCUT2D eigenvalue weighted by Gasteiger charge is 2.31. The van der Waals surface area contributed by atoms with Crippen LogP contribution in [0, 0.1) is 18.7 Å². The van der Waals surface area contributed by atoms with Crippen LogP contribution in [0.4, 0.5) is 15.8 Å². The van der Waals surface area contributed by atoms with Crippen molar-refractivity contribution in [3.05, 3.63) is 49.9 Å². The minimum Gasteiger partial charge on any atom is -0.395 e. The number of likely N-dealkylation sites (tertiary alicyclic amines) is 1. The number of allylic oxidation sites excluding steroid dienone is 1. The maximum absolute atomic E-state index is 15.3. The van der Waals surface area contributed by atoms with Gasteiger partial charge < -0.3 is 11.1 Å². The average Bonchev–Trinajstić information content (AvgIpc) is 3.59. The second-order valence-electron chi connectivity index (χ2n) is 8.52. The van der Waals surface area contributed by atoms with Crippen molar-refractivity contribution in [2.24, 2.45) is 0 Å². The molecule has 9 heteroatoms. The first-order valence-electron chi connectivity index (χ1n) is 11.9. The molecule has 0 bridgehead atoms. The van der Waals surface area contributed by atoms with Crippen molar-refractivity contribution in [3.63, 3.8) is 0 Å². The number of carbonyl (C=O) groups excluding carboxylic acids is 2. The van der Waals surface area contributed by atoms with E-state index in [2.05, 4.69) is 29.7 Å². The Morgan fingerprint density at radius 2 is 1.89 bits per heavy atom. The molecule has 0 spiro atoms. The van der Waals surface area contributed by atoms with Crippen LogP contribution in [-0.4, -0.2) is 47.6 Å². The lowest BCUT2D eigenvalue weighted by Gasteiger charge is -2.17. The second kappa shape index (κ2) is 12.2. The molecule has 2 aliphatic rings. The number of benzene rings is 1. The quantitative estimate of drug-likeness (QED) is 0.303. The van der Waals surface area contributed by atoms with Gasteiger partial charge in [0.1, 0.15) is 13.1 Å². The predicted octanol–water partition coefficient (Wildman–Crippen LogP) is 4.93. The molecule has 3 heterocycles. The lowest BCUT2D eigenvalue weighted by atomic mass is 9.96. The number of halogens is 2. The summed E-state index contributed by atoms with van der Waals surface area (Å²) in [7, 11) is 1.85. The summed E-state index contributed by atoms with van der Waals surface area (Å²) in [6, 6.07) is 3.79. The Morgan fingerprint density at radius 1 is 1.25 bits per heavy atom. The molecule has 2 aromatic rings. The zero-order chi connectivity index (χ0) is 26.4. The minimum atomic E-state index is -0.580. The van der Waals surface area contributed by atoms with Gasteiger partial charge in [0.15, 0.2) is 12.0 Å². The number of rotatable bonds is 7. The monoisotopic (exact) mass is 529 g/mol. The van der Waals surface area contributed by atoms with Gasteiger partial charge in [0, 0.05) is 60.7 Å². The Bertz CT molecular complexity index is 1220. The summed E-state index contributed by atoms with van der Waals surface area (Å²) in [4.78, 5) is 26.1. The standard InChI is InChI=1S/C25H28ClFN4O2S.C2H2/c1-3-15-12-16(26)13-18(24(15)29-2)17(8-11-30-9-4-5-10-30)25-23(28)22(27)19(34-25)14-31-20(32)6-7-21(31)33;1-2/h8,11-13H,3-7,9-10,14H2,1-2H3,(H2,28,29);1-2H/p+1. The van der Waals surface area contributed by atoms with E-state index in [4.69, 9.17) is 17.3 Å². The highest BCUT2D eigenvalue weighted by atomic mass is 35.5. The molecule has 2 amide bonds. The number of nitrogen functional groups attached to an aromatic ring is 1. The van der Waals surface area contributed by atoms with Crippen LogP contribution in [0.5, 0.6) is 0 Å². The summed E-state index contributed by atoms with van der Waals surface area (Å²) in [5, 5.41) is 3.86. The molecule has 2 saturated heterocycles. The molecule has 4 rings (SSSR count). The lowest BCUT2D eigenvalue weighted by molar-refractivity contribution is -0.500. The van der Waals surface area contributed by atoms with Crippen LogP contribution in [0.25, 0.3) is 5.57 Å².